The van der Waals surface area contributed by atoms with Gasteiger partial charge in [-0.15, -0.1) is 0 Å². The van der Waals surface area contributed by atoms with Crippen molar-refractivity contribution in [3.05, 3.63) is 35.9 Å². The van der Waals surface area contributed by atoms with Crippen molar-refractivity contribution in [2.45, 2.75) is 51.1 Å². The number of benzene rings is 1. The summed E-state index contributed by atoms with van der Waals surface area (Å²) in [6.07, 6.45) is 4.06. The molecule has 1 aliphatic carbocycles. The van der Waals surface area contributed by atoms with Crippen LogP contribution in [0.5, 0.6) is 0 Å². The Morgan fingerprint density at radius 1 is 1.26 bits per heavy atom. The van der Waals surface area contributed by atoms with Crippen LogP contribution in [0.15, 0.2) is 30.3 Å². The van der Waals surface area contributed by atoms with E-state index >= 15 is 0 Å². The summed E-state index contributed by atoms with van der Waals surface area (Å²) in [6.45, 7) is 2.48. The molecule has 5 nitrogen and oxygen atoms in total. The number of rotatable bonds is 9. The minimum absolute atomic E-state index is 0.0289. The Balaban J connectivity index is 1.81. The molecule has 0 radical (unpaired) electrons. The first-order chi connectivity index (χ1) is 11.1. The van der Waals surface area contributed by atoms with Gasteiger partial charge in [0.05, 0.1) is 6.42 Å². The third-order valence-corrected chi connectivity index (χ3v) is 4.18. The van der Waals surface area contributed by atoms with Gasteiger partial charge in [0.2, 0.25) is 11.8 Å². The topological polar surface area (TPSA) is 84.2 Å². The van der Waals surface area contributed by atoms with Crippen molar-refractivity contribution in [2.24, 2.45) is 11.7 Å². The minimum atomic E-state index is -0.484. The lowest BCUT2D eigenvalue weighted by atomic mass is 10.1. The Morgan fingerprint density at radius 2 is 1.96 bits per heavy atom. The van der Waals surface area contributed by atoms with Crippen LogP contribution in [0.4, 0.5) is 0 Å². The summed E-state index contributed by atoms with van der Waals surface area (Å²) in [5, 5.41) is 5.72. The molecular formula is C18H27N3O2. The summed E-state index contributed by atoms with van der Waals surface area (Å²) in [7, 11) is 0. The summed E-state index contributed by atoms with van der Waals surface area (Å²) >= 11 is 0. The fourth-order valence-corrected chi connectivity index (χ4v) is 2.62. The van der Waals surface area contributed by atoms with Crippen LogP contribution < -0.4 is 16.4 Å². The number of nitrogens with one attached hydrogen (secondary N) is 2. The Kier molecular flexibility index (Phi) is 6.59. The summed E-state index contributed by atoms with van der Waals surface area (Å²) in [5.74, 6) is 0.285. The van der Waals surface area contributed by atoms with E-state index in [1.54, 1.807) is 0 Å². The van der Waals surface area contributed by atoms with Gasteiger partial charge in [-0.25, -0.2) is 0 Å². The maximum absolute atomic E-state index is 12.3. The van der Waals surface area contributed by atoms with Gasteiger partial charge in [0.25, 0.3) is 0 Å². The predicted octanol–water partition coefficient (Wildman–Crippen LogP) is 1.37. The van der Waals surface area contributed by atoms with Gasteiger partial charge in [-0.3, -0.25) is 9.59 Å². The van der Waals surface area contributed by atoms with E-state index in [4.69, 9.17) is 5.73 Å². The smallest absolute Gasteiger partial charge is 0.242 e. The zero-order chi connectivity index (χ0) is 16.7. The molecule has 0 bridgehead atoms. The van der Waals surface area contributed by atoms with Crippen LogP contribution in [0.2, 0.25) is 0 Å². The molecule has 0 saturated heterocycles. The Labute approximate surface area is 138 Å². The number of carbonyl (C=O) groups is 2. The van der Waals surface area contributed by atoms with Crippen molar-refractivity contribution in [3.8, 4) is 0 Å². The van der Waals surface area contributed by atoms with Gasteiger partial charge in [-0.05, 0) is 30.7 Å². The van der Waals surface area contributed by atoms with Crippen LogP contribution in [-0.4, -0.2) is 30.4 Å². The van der Waals surface area contributed by atoms with Crippen LogP contribution in [0, 0.1) is 5.92 Å². The molecule has 23 heavy (non-hydrogen) atoms. The molecule has 1 aromatic rings. The average Bonchev–Trinajstić information content (AvgIpc) is 3.37. The fraction of sp³-hybridized carbons (Fsp3) is 0.556. The summed E-state index contributed by atoms with van der Waals surface area (Å²) in [4.78, 5) is 24.4. The number of hydrogen-bond donors (Lipinski definition) is 3. The highest BCUT2D eigenvalue weighted by atomic mass is 16.2. The van der Waals surface area contributed by atoms with Crippen molar-refractivity contribution in [3.63, 3.8) is 0 Å². The summed E-state index contributed by atoms with van der Waals surface area (Å²) in [6, 6.07) is 9.07. The van der Waals surface area contributed by atoms with Crippen molar-refractivity contribution in [1.82, 2.24) is 10.6 Å². The minimum Gasteiger partial charge on any atom is -0.353 e. The molecular weight excluding hydrogens is 290 g/mol. The third-order valence-electron chi connectivity index (χ3n) is 4.18. The fourth-order valence-electron chi connectivity index (χ4n) is 2.62. The second kappa shape index (κ2) is 8.67. The summed E-state index contributed by atoms with van der Waals surface area (Å²) in [5.41, 5.74) is 6.94. The lowest BCUT2D eigenvalue weighted by Gasteiger charge is -2.19. The molecule has 1 saturated carbocycles. The van der Waals surface area contributed by atoms with Gasteiger partial charge in [0, 0.05) is 12.6 Å². The molecule has 0 spiro atoms. The maximum Gasteiger partial charge on any atom is 0.242 e. The molecule has 2 rings (SSSR count). The van der Waals surface area contributed by atoms with Crippen LogP contribution >= 0.6 is 0 Å². The monoisotopic (exact) mass is 317 g/mol. The Hall–Kier alpha value is -1.88. The highest BCUT2D eigenvalue weighted by Crippen LogP contribution is 2.31. The lowest BCUT2D eigenvalue weighted by molar-refractivity contribution is -0.128. The van der Waals surface area contributed by atoms with E-state index in [9.17, 15) is 9.59 Å². The molecule has 2 unspecified atom stereocenters. The normalized spacial score (nSPS) is 16.4. The van der Waals surface area contributed by atoms with Crippen LogP contribution in [0.3, 0.4) is 0 Å². The van der Waals surface area contributed by atoms with E-state index in [0.717, 1.165) is 24.8 Å². The molecule has 0 heterocycles. The number of hydrogen-bond acceptors (Lipinski definition) is 3. The molecule has 1 aromatic carbocycles. The standard InChI is InChI=1S/C18H27N3O2/c1-2-6-16(18(23)20-12-15(19)14-9-10-14)21-17(22)11-13-7-4-3-5-8-13/h3-5,7-8,14-16H,2,6,9-12,19H2,1H3,(H,20,23)(H,21,22). The van der Waals surface area contributed by atoms with Gasteiger partial charge in [-0.1, -0.05) is 43.7 Å². The van der Waals surface area contributed by atoms with E-state index in [-0.39, 0.29) is 24.3 Å². The first-order valence-corrected chi connectivity index (χ1v) is 8.46. The van der Waals surface area contributed by atoms with E-state index in [2.05, 4.69) is 10.6 Å². The van der Waals surface area contributed by atoms with Gasteiger partial charge < -0.3 is 16.4 Å². The second-order valence-electron chi connectivity index (χ2n) is 6.32. The molecule has 2 atom stereocenters. The largest absolute Gasteiger partial charge is 0.353 e. The highest BCUT2D eigenvalue weighted by molar-refractivity contribution is 5.88. The van der Waals surface area contributed by atoms with E-state index in [0.29, 0.717) is 18.9 Å². The molecule has 0 aromatic heterocycles. The number of carbonyl (C=O) groups excluding carboxylic acids is 2. The van der Waals surface area contributed by atoms with Crippen molar-refractivity contribution in [2.75, 3.05) is 6.54 Å². The molecule has 126 valence electrons. The molecule has 1 fully saturated rings. The lowest BCUT2D eigenvalue weighted by Crippen LogP contribution is -2.49. The predicted molar refractivity (Wildman–Crippen MR) is 90.7 cm³/mol. The zero-order valence-electron chi connectivity index (χ0n) is 13.8. The van der Waals surface area contributed by atoms with Gasteiger partial charge in [-0.2, -0.15) is 0 Å². The van der Waals surface area contributed by atoms with Crippen LogP contribution in [0.25, 0.3) is 0 Å². The van der Waals surface area contributed by atoms with E-state index < -0.39 is 6.04 Å². The highest BCUT2D eigenvalue weighted by Gasteiger charge is 2.29. The number of nitrogens with two attached hydrogens (primary N) is 1. The molecule has 0 aliphatic heterocycles. The van der Waals surface area contributed by atoms with Gasteiger partial charge in [0.1, 0.15) is 6.04 Å². The van der Waals surface area contributed by atoms with E-state index in [1.807, 2.05) is 37.3 Å². The SMILES string of the molecule is CCCC(NC(=O)Cc1ccccc1)C(=O)NCC(N)C1CC1. The second-order valence-corrected chi connectivity index (χ2v) is 6.32. The first-order valence-electron chi connectivity index (χ1n) is 8.46. The van der Waals surface area contributed by atoms with Crippen LogP contribution in [-0.2, 0) is 16.0 Å². The molecule has 1 aliphatic rings. The molecule has 4 N–H and O–H groups in total. The van der Waals surface area contributed by atoms with Gasteiger partial charge in [0.15, 0.2) is 0 Å². The van der Waals surface area contributed by atoms with Crippen molar-refractivity contribution in [1.29, 1.82) is 0 Å². The Morgan fingerprint density at radius 3 is 2.57 bits per heavy atom. The summed E-state index contributed by atoms with van der Waals surface area (Å²) < 4.78 is 0. The zero-order valence-corrected chi connectivity index (χ0v) is 13.8. The van der Waals surface area contributed by atoms with E-state index in [1.165, 1.54) is 0 Å². The number of amides is 2. The first kappa shape index (κ1) is 17.5. The van der Waals surface area contributed by atoms with Crippen molar-refractivity contribution < 1.29 is 9.59 Å². The maximum atomic E-state index is 12.3. The van der Waals surface area contributed by atoms with Gasteiger partial charge >= 0.3 is 0 Å². The average molecular weight is 317 g/mol. The quantitative estimate of drug-likeness (QED) is 0.643. The molecule has 2 amide bonds. The third kappa shape index (κ3) is 6.02. The van der Waals surface area contributed by atoms with Crippen molar-refractivity contribution >= 4 is 11.8 Å². The Bertz CT molecular complexity index is 514. The van der Waals surface area contributed by atoms with Crippen LogP contribution in [0.1, 0.15) is 38.2 Å². The molecule has 5 heteroatoms.